The lowest BCUT2D eigenvalue weighted by atomic mass is 9.48. The van der Waals surface area contributed by atoms with Crippen LogP contribution in [0.5, 0.6) is 0 Å². The van der Waals surface area contributed by atoms with Crippen molar-refractivity contribution in [2.24, 2.45) is 34.5 Å². The van der Waals surface area contributed by atoms with E-state index >= 15 is 0 Å². The van der Waals surface area contributed by atoms with Crippen LogP contribution in [0.3, 0.4) is 0 Å². The van der Waals surface area contributed by atoms with Gasteiger partial charge in [0.2, 0.25) is 6.86 Å². The quantitative estimate of drug-likeness (QED) is 0.513. The highest BCUT2D eigenvalue weighted by Crippen LogP contribution is 2.66. The Bertz CT molecular complexity index is 595. The summed E-state index contributed by atoms with van der Waals surface area (Å²) in [7, 11) is 0. The minimum Gasteiger partial charge on any atom is -0.433 e. The average molecular weight is 332 g/mol. The lowest BCUT2D eigenvalue weighted by molar-refractivity contribution is -0.159. The number of hydrogen-bond acceptors (Lipinski definition) is 2. The van der Waals surface area contributed by atoms with Gasteiger partial charge in [0.25, 0.3) is 0 Å². The fourth-order valence-corrected chi connectivity index (χ4v) is 6.88. The van der Waals surface area contributed by atoms with E-state index in [4.69, 9.17) is 4.74 Å². The second kappa shape index (κ2) is 5.71. The van der Waals surface area contributed by atoms with E-state index in [1.54, 1.807) is 5.57 Å². The van der Waals surface area contributed by atoms with E-state index in [0.29, 0.717) is 17.8 Å². The number of fused-ring (bicyclic) bond motifs is 5. The Morgan fingerprint density at radius 2 is 2.08 bits per heavy atom. The summed E-state index contributed by atoms with van der Waals surface area (Å²) in [6.45, 7) is 3.71. The molecule has 0 heterocycles. The Balaban J connectivity index is 1.62. The molecule has 0 bridgehead atoms. The topological polar surface area (TPSA) is 26.3 Å². The fraction of sp³-hybridized carbons (Fsp3) is 0.762. The monoisotopic (exact) mass is 332 g/mol. The van der Waals surface area contributed by atoms with Crippen molar-refractivity contribution < 1.29 is 13.9 Å². The molecule has 24 heavy (non-hydrogen) atoms. The second-order valence-corrected chi connectivity index (χ2v) is 8.81. The van der Waals surface area contributed by atoms with Crippen LogP contribution in [0.15, 0.2) is 23.8 Å². The average Bonchev–Trinajstić information content (AvgIpc) is 2.92. The molecule has 0 saturated heterocycles. The third-order valence-corrected chi connectivity index (χ3v) is 8.09. The summed E-state index contributed by atoms with van der Waals surface area (Å²) in [5, 5.41) is 0. The third-order valence-electron chi connectivity index (χ3n) is 8.09. The van der Waals surface area contributed by atoms with Gasteiger partial charge in [-0.25, -0.2) is 4.39 Å². The van der Waals surface area contributed by atoms with E-state index < -0.39 is 6.86 Å². The van der Waals surface area contributed by atoms with Gasteiger partial charge in [0.05, 0.1) is 5.92 Å². The molecule has 4 aliphatic carbocycles. The number of halogens is 1. The van der Waals surface area contributed by atoms with Gasteiger partial charge in [-0.05, 0) is 68.1 Å². The van der Waals surface area contributed by atoms with Crippen LogP contribution in [0.2, 0.25) is 0 Å². The van der Waals surface area contributed by atoms with Crippen LogP contribution in [-0.2, 0) is 9.53 Å². The maximum atomic E-state index is 12.5. The lowest BCUT2D eigenvalue weighted by Gasteiger charge is -2.56. The highest BCUT2D eigenvalue weighted by Gasteiger charge is 2.59. The predicted octanol–water partition coefficient (Wildman–Crippen LogP) is 5.20. The van der Waals surface area contributed by atoms with Crippen molar-refractivity contribution in [3.63, 3.8) is 0 Å². The number of alkyl halides is 1. The summed E-state index contributed by atoms with van der Waals surface area (Å²) in [5.41, 5.74) is 1.87. The fourth-order valence-electron chi connectivity index (χ4n) is 6.88. The smallest absolute Gasteiger partial charge is 0.311 e. The molecule has 0 aliphatic heterocycles. The van der Waals surface area contributed by atoms with Gasteiger partial charge in [-0.1, -0.05) is 37.6 Å². The van der Waals surface area contributed by atoms with Crippen molar-refractivity contribution in [1.29, 1.82) is 0 Å². The Kier molecular flexibility index (Phi) is 3.89. The number of rotatable bonds is 2. The molecule has 4 rings (SSSR count). The van der Waals surface area contributed by atoms with Crippen molar-refractivity contribution in [1.82, 2.24) is 0 Å². The Hall–Kier alpha value is -1.12. The Morgan fingerprint density at radius 1 is 1.25 bits per heavy atom. The second-order valence-electron chi connectivity index (χ2n) is 8.81. The van der Waals surface area contributed by atoms with Crippen molar-refractivity contribution >= 4 is 5.97 Å². The van der Waals surface area contributed by atoms with Crippen molar-refractivity contribution in [3.8, 4) is 0 Å². The number of allylic oxidation sites excluding steroid dienone is 4. The lowest BCUT2D eigenvalue weighted by Crippen LogP contribution is -2.50. The maximum Gasteiger partial charge on any atom is 0.311 e. The molecule has 3 heteroatoms. The number of carbonyl (C=O) groups excluding carboxylic acids is 1. The molecule has 0 spiro atoms. The van der Waals surface area contributed by atoms with E-state index in [-0.39, 0.29) is 22.7 Å². The standard InChI is InChI=1S/C21H29FO2/c1-20-11-4-3-5-14(20)6-7-15-16-8-9-18(19(23)24-13-22)21(16,2)12-10-17(15)20/h4-5,11,15-18H,3,6-10,12-13H2,1-2H3/t15-,16-,17-,18?,20-,21-/m0/s1. The molecule has 0 amide bonds. The van der Waals surface area contributed by atoms with Crippen LogP contribution < -0.4 is 0 Å². The number of esters is 1. The van der Waals surface area contributed by atoms with E-state index in [1.807, 2.05) is 0 Å². The summed E-state index contributed by atoms with van der Waals surface area (Å²) in [6, 6.07) is 0. The molecule has 3 saturated carbocycles. The van der Waals surface area contributed by atoms with E-state index in [1.165, 1.54) is 19.3 Å². The first-order valence-corrected chi connectivity index (χ1v) is 9.60. The first-order valence-electron chi connectivity index (χ1n) is 9.60. The van der Waals surface area contributed by atoms with Crippen LogP contribution in [0.4, 0.5) is 4.39 Å². The largest absolute Gasteiger partial charge is 0.433 e. The number of hydrogen-bond donors (Lipinski definition) is 0. The Labute approximate surface area is 144 Å². The molecule has 3 fully saturated rings. The number of ether oxygens (including phenoxy) is 1. The molecule has 0 aromatic heterocycles. The number of carbonyl (C=O) groups is 1. The molecule has 0 N–H and O–H groups in total. The van der Waals surface area contributed by atoms with Gasteiger partial charge in [-0.15, -0.1) is 0 Å². The molecule has 2 nitrogen and oxygen atoms in total. The summed E-state index contributed by atoms with van der Waals surface area (Å²) >= 11 is 0. The zero-order valence-electron chi connectivity index (χ0n) is 14.9. The molecule has 0 radical (unpaired) electrons. The van der Waals surface area contributed by atoms with E-state index in [2.05, 4.69) is 32.1 Å². The van der Waals surface area contributed by atoms with Crippen LogP contribution in [0.25, 0.3) is 0 Å². The van der Waals surface area contributed by atoms with Gasteiger partial charge < -0.3 is 4.74 Å². The van der Waals surface area contributed by atoms with E-state index in [9.17, 15) is 9.18 Å². The maximum absolute atomic E-state index is 12.5. The van der Waals surface area contributed by atoms with Crippen molar-refractivity contribution in [2.75, 3.05) is 6.86 Å². The zero-order chi connectivity index (χ0) is 16.9. The predicted molar refractivity (Wildman–Crippen MR) is 91.8 cm³/mol. The molecular formula is C21H29FO2. The first-order chi connectivity index (χ1) is 11.5. The summed E-state index contributed by atoms with van der Waals surface area (Å²) in [6.07, 6.45) is 15.0. The van der Waals surface area contributed by atoms with Crippen LogP contribution in [0, 0.1) is 34.5 Å². The molecule has 1 unspecified atom stereocenters. The minimum atomic E-state index is -0.987. The third kappa shape index (κ3) is 2.16. The van der Waals surface area contributed by atoms with Gasteiger partial charge in [0.15, 0.2) is 0 Å². The normalized spacial score (nSPS) is 46.5. The van der Waals surface area contributed by atoms with Crippen molar-refractivity contribution in [2.45, 2.75) is 58.8 Å². The van der Waals surface area contributed by atoms with E-state index in [0.717, 1.165) is 25.7 Å². The minimum absolute atomic E-state index is 0.00335. The Morgan fingerprint density at radius 3 is 2.88 bits per heavy atom. The zero-order valence-corrected chi connectivity index (χ0v) is 14.9. The molecule has 4 aliphatic rings. The van der Waals surface area contributed by atoms with Crippen molar-refractivity contribution in [3.05, 3.63) is 23.8 Å². The van der Waals surface area contributed by atoms with Gasteiger partial charge >= 0.3 is 5.97 Å². The van der Waals surface area contributed by atoms with Gasteiger partial charge in [-0.2, -0.15) is 0 Å². The molecule has 132 valence electrons. The van der Waals surface area contributed by atoms with Gasteiger partial charge in [-0.3, -0.25) is 4.79 Å². The SMILES string of the molecule is C[C@]12C=CCC=C1CC[C@@H]1[C@@H]2CC[C@]2(C)C(C(=O)OCF)CC[C@@H]12. The molecule has 0 aromatic carbocycles. The van der Waals surface area contributed by atoms with Crippen LogP contribution in [0.1, 0.15) is 58.8 Å². The van der Waals surface area contributed by atoms with Gasteiger partial charge in [0.1, 0.15) is 0 Å². The highest BCUT2D eigenvalue weighted by atomic mass is 19.1. The summed E-state index contributed by atoms with van der Waals surface area (Å²) in [5.74, 6) is 1.56. The first kappa shape index (κ1) is 16.4. The van der Waals surface area contributed by atoms with Gasteiger partial charge in [0, 0.05) is 5.41 Å². The van der Waals surface area contributed by atoms with Crippen LogP contribution >= 0.6 is 0 Å². The van der Waals surface area contributed by atoms with Crippen LogP contribution in [-0.4, -0.2) is 12.8 Å². The summed E-state index contributed by atoms with van der Waals surface area (Å²) in [4.78, 5) is 12.3. The summed E-state index contributed by atoms with van der Waals surface area (Å²) < 4.78 is 17.2. The highest BCUT2D eigenvalue weighted by molar-refractivity contribution is 5.74. The molecule has 0 aromatic rings. The molecular weight excluding hydrogens is 303 g/mol. The molecule has 6 atom stereocenters.